The minimum atomic E-state index is 0.809. The number of hydrogen-bond donors (Lipinski definition) is 2. The molecular weight excluding hydrogens is 160 g/mol. The predicted molar refractivity (Wildman–Crippen MR) is 53.6 cm³/mol. The van der Waals surface area contributed by atoms with Crippen LogP contribution in [-0.2, 0) is 0 Å². The molecule has 3 rings (SSSR count). The molecule has 0 aromatic carbocycles. The zero-order valence-corrected chi connectivity index (χ0v) is 8.42. The van der Waals surface area contributed by atoms with Gasteiger partial charge in [0.1, 0.15) is 0 Å². The average molecular weight is 180 g/mol. The monoisotopic (exact) mass is 180 g/mol. The van der Waals surface area contributed by atoms with Crippen LogP contribution in [0.1, 0.15) is 26.2 Å². The number of rotatable bonds is 3. The van der Waals surface area contributed by atoms with Crippen LogP contribution in [0.4, 0.5) is 0 Å². The summed E-state index contributed by atoms with van der Waals surface area (Å²) in [6.45, 7) is 4.76. The lowest BCUT2D eigenvalue weighted by Crippen LogP contribution is -2.47. The molecule has 0 radical (unpaired) electrons. The first-order chi connectivity index (χ1) is 6.40. The Morgan fingerprint density at radius 3 is 3.08 bits per heavy atom. The Kier molecular flexibility index (Phi) is 1.88. The van der Waals surface area contributed by atoms with Crippen LogP contribution in [0.25, 0.3) is 0 Å². The summed E-state index contributed by atoms with van der Waals surface area (Å²) in [6, 6.07) is 1.64. The summed E-state index contributed by atoms with van der Waals surface area (Å²) in [6.07, 6.45) is 4.27. The summed E-state index contributed by atoms with van der Waals surface area (Å²) in [5.41, 5.74) is 0. The molecule has 5 unspecified atom stereocenters. The summed E-state index contributed by atoms with van der Waals surface area (Å²) in [7, 11) is 0. The molecule has 2 N–H and O–H groups in total. The van der Waals surface area contributed by atoms with E-state index in [9.17, 15) is 0 Å². The molecule has 3 fully saturated rings. The Morgan fingerprint density at radius 1 is 1.31 bits per heavy atom. The van der Waals surface area contributed by atoms with E-state index < -0.39 is 0 Å². The lowest BCUT2D eigenvalue weighted by Gasteiger charge is -2.28. The zero-order chi connectivity index (χ0) is 8.84. The molecule has 2 heteroatoms. The molecule has 2 bridgehead atoms. The molecule has 0 amide bonds. The summed E-state index contributed by atoms with van der Waals surface area (Å²) in [5, 5.41) is 7.43. The summed E-state index contributed by atoms with van der Waals surface area (Å²) >= 11 is 0. The Balaban J connectivity index is 1.70. The first-order valence-electron chi connectivity index (χ1n) is 5.87. The molecule has 2 aliphatic carbocycles. The van der Waals surface area contributed by atoms with E-state index >= 15 is 0 Å². The molecule has 3 aliphatic rings. The van der Waals surface area contributed by atoms with Gasteiger partial charge in [-0.2, -0.15) is 0 Å². The fourth-order valence-electron chi connectivity index (χ4n) is 3.90. The maximum Gasteiger partial charge on any atom is 0.0255 e. The fourth-order valence-corrected chi connectivity index (χ4v) is 3.90. The van der Waals surface area contributed by atoms with E-state index in [4.69, 9.17) is 0 Å². The SMILES string of the molecule is CCCNC1C2CC3CNC1C3C2. The zero-order valence-electron chi connectivity index (χ0n) is 8.42. The average Bonchev–Trinajstić information content (AvgIpc) is 2.70. The summed E-state index contributed by atoms with van der Waals surface area (Å²) in [5.74, 6) is 3.07. The Labute approximate surface area is 80.5 Å². The third-order valence-corrected chi connectivity index (χ3v) is 4.39. The van der Waals surface area contributed by atoms with Crippen LogP contribution >= 0.6 is 0 Å². The van der Waals surface area contributed by atoms with Crippen LogP contribution in [0.2, 0.25) is 0 Å². The first kappa shape index (κ1) is 8.25. The van der Waals surface area contributed by atoms with Crippen molar-refractivity contribution in [1.29, 1.82) is 0 Å². The van der Waals surface area contributed by atoms with E-state index in [0.717, 1.165) is 29.8 Å². The van der Waals surface area contributed by atoms with Gasteiger partial charge in [0.15, 0.2) is 0 Å². The van der Waals surface area contributed by atoms with Crippen LogP contribution < -0.4 is 10.6 Å². The molecule has 0 aromatic rings. The second-order valence-electron chi connectivity index (χ2n) is 5.07. The number of nitrogens with one attached hydrogen (secondary N) is 2. The molecule has 2 nitrogen and oxygen atoms in total. The van der Waals surface area contributed by atoms with Gasteiger partial charge in [-0.25, -0.2) is 0 Å². The maximum atomic E-state index is 3.73. The van der Waals surface area contributed by atoms with Crippen LogP contribution in [0.3, 0.4) is 0 Å². The van der Waals surface area contributed by atoms with Gasteiger partial charge < -0.3 is 10.6 Å². The Morgan fingerprint density at radius 2 is 2.23 bits per heavy atom. The van der Waals surface area contributed by atoms with Gasteiger partial charge in [0.25, 0.3) is 0 Å². The van der Waals surface area contributed by atoms with Crippen LogP contribution in [0.5, 0.6) is 0 Å². The van der Waals surface area contributed by atoms with E-state index in [2.05, 4.69) is 17.6 Å². The van der Waals surface area contributed by atoms with Gasteiger partial charge in [0.05, 0.1) is 0 Å². The molecule has 1 heterocycles. The third kappa shape index (κ3) is 1.08. The Hall–Kier alpha value is -0.0800. The third-order valence-electron chi connectivity index (χ3n) is 4.39. The van der Waals surface area contributed by atoms with Crippen molar-refractivity contribution >= 4 is 0 Å². The smallest absolute Gasteiger partial charge is 0.0255 e. The molecule has 2 saturated carbocycles. The molecule has 0 aromatic heterocycles. The van der Waals surface area contributed by atoms with Gasteiger partial charge in [0, 0.05) is 12.1 Å². The van der Waals surface area contributed by atoms with Crippen molar-refractivity contribution in [2.24, 2.45) is 17.8 Å². The van der Waals surface area contributed by atoms with Crippen molar-refractivity contribution in [3.63, 3.8) is 0 Å². The number of hydrogen-bond acceptors (Lipinski definition) is 2. The largest absolute Gasteiger partial charge is 0.312 e. The Bertz CT molecular complexity index is 202. The molecule has 74 valence electrons. The minimum absolute atomic E-state index is 0.809. The highest BCUT2D eigenvalue weighted by Crippen LogP contribution is 2.51. The molecule has 1 saturated heterocycles. The van der Waals surface area contributed by atoms with Crippen molar-refractivity contribution in [2.75, 3.05) is 13.1 Å². The summed E-state index contributed by atoms with van der Waals surface area (Å²) in [4.78, 5) is 0. The van der Waals surface area contributed by atoms with Crippen LogP contribution in [0.15, 0.2) is 0 Å². The minimum Gasteiger partial charge on any atom is -0.312 e. The quantitative estimate of drug-likeness (QED) is 0.676. The summed E-state index contributed by atoms with van der Waals surface area (Å²) < 4.78 is 0. The van der Waals surface area contributed by atoms with Gasteiger partial charge in [0.2, 0.25) is 0 Å². The van der Waals surface area contributed by atoms with Gasteiger partial charge in [-0.15, -0.1) is 0 Å². The fraction of sp³-hybridized carbons (Fsp3) is 1.00. The predicted octanol–water partition coefficient (Wildman–Crippen LogP) is 0.982. The van der Waals surface area contributed by atoms with Gasteiger partial charge >= 0.3 is 0 Å². The van der Waals surface area contributed by atoms with E-state index in [1.807, 2.05) is 0 Å². The number of fused-ring (bicyclic) bond motifs is 1. The van der Waals surface area contributed by atoms with Crippen molar-refractivity contribution in [1.82, 2.24) is 10.6 Å². The standard InChI is InChI=1S/C11H20N2/c1-2-3-12-10-7-4-8-6-13-11(10)9(8)5-7/h7-13H,2-6H2,1H3. The highest BCUT2D eigenvalue weighted by molar-refractivity contribution is 5.12. The van der Waals surface area contributed by atoms with E-state index in [1.54, 1.807) is 0 Å². The first-order valence-corrected chi connectivity index (χ1v) is 5.87. The second kappa shape index (κ2) is 2.96. The van der Waals surface area contributed by atoms with Crippen LogP contribution in [0, 0.1) is 17.8 Å². The van der Waals surface area contributed by atoms with E-state index in [-0.39, 0.29) is 0 Å². The molecule has 1 aliphatic heterocycles. The molecular formula is C11H20N2. The molecule has 0 spiro atoms. The van der Waals surface area contributed by atoms with Crippen molar-refractivity contribution in [3.05, 3.63) is 0 Å². The normalized spacial score (nSPS) is 51.9. The van der Waals surface area contributed by atoms with Crippen molar-refractivity contribution in [2.45, 2.75) is 38.3 Å². The van der Waals surface area contributed by atoms with Crippen molar-refractivity contribution < 1.29 is 0 Å². The maximum absolute atomic E-state index is 3.73. The lowest BCUT2D eigenvalue weighted by atomic mass is 9.86. The highest BCUT2D eigenvalue weighted by Gasteiger charge is 2.55. The van der Waals surface area contributed by atoms with Gasteiger partial charge in [-0.3, -0.25) is 0 Å². The molecule has 5 atom stereocenters. The van der Waals surface area contributed by atoms with Crippen molar-refractivity contribution in [3.8, 4) is 0 Å². The molecule has 13 heavy (non-hydrogen) atoms. The van der Waals surface area contributed by atoms with Gasteiger partial charge in [-0.1, -0.05) is 6.92 Å². The van der Waals surface area contributed by atoms with Gasteiger partial charge in [-0.05, 0) is 50.1 Å². The topological polar surface area (TPSA) is 24.1 Å². The van der Waals surface area contributed by atoms with Crippen LogP contribution in [-0.4, -0.2) is 25.2 Å². The van der Waals surface area contributed by atoms with E-state index in [1.165, 1.54) is 32.4 Å². The lowest BCUT2D eigenvalue weighted by molar-refractivity contribution is 0.298. The highest BCUT2D eigenvalue weighted by atomic mass is 15.1. The second-order valence-corrected chi connectivity index (χ2v) is 5.07. The van der Waals surface area contributed by atoms with E-state index in [0.29, 0.717) is 0 Å².